The van der Waals surface area contributed by atoms with Crippen LogP contribution in [-0.4, -0.2) is 59.3 Å². The summed E-state index contributed by atoms with van der Waals surface area (Å²) >= 11 is 0. The van der Waals surface area contributed by atoms with E-state index < -0.39 is 48.8 Å². The molecule has 0 amide bonds. The minimum Gasteiger partial charge on any atom is -0.481 e. The van der Waals surface area contributed by atoms with Crippen LogP contribution in [-0.2, 0) is 24.7 Å². The molecule has 0 aliphatic heterocycles. The molecule has 0 bridgehead atoms. The Morgan fingerprint density at radius 3 is 2.48 bits per heavy atom. The molecule has 1 aliphatic rings. The smallest absolute Gasteiger partial charge is 0.469 e. The van der Waals surface area contributed by atoms with E-state index in [1.165, 1.54) is 6.08 Å². The maximum atomic E-state index is 12.4. The van der Waals surface area contributed by atoms with Crippen molar-refractivity contribution in [3.63, 3.8) is 0 Å². The molecule has 33 heavy (non-hydrogen) atoms. The Morgan fingerprint density at radius 1 is 1.18 bits per heavy atom. The standard InChI is InChI=1S/C22H33O9PS/c23-16(15-33(30)17-8-4-3-5-9-17)12-13-18-19(10-6-1-2-7-11-22(25)26)21(14-20(18)24)31-32(27,28)29/h3-5,8-9,12-13,16,18-21,23-24H,1-2,6-7,10-11,14-15H2,(H,25,26)(H2,27,28,29)/t16-,18?,19-,20-,21+,33?/m1/s1. The fraction of sp³-hybridized carbons (Fsp3) is 0.591. The minimum atomic E-state index is -4.75. The van der Waals surface area contributed by atoms with Crippen molar-refractivity contribution in [2.24, 2.45) is 11.8 Å². The summed E-state index contributed by atoms with van der Waals surface area (Å²) in [7, 11) is -6.15. The highest BCUT2D eigenvalue weighted by atomic mass is 32.2. The number of carbonyl (C=O) groups is 1. The first kappa shape index (κ1) is 27.9. The molecule has 9 nitrogen and oxygen atoms in total. The maximum Gasteiger partial charge on any atom is 0.469 e. The van der Waals surface area contributed by atoms with Gasteiger partial charge >= 0.3 is 13.8 Å². The lowest BCUT2D eigenvalue weighted by atomic mass is 9.88. The first-order valence-corrected chi connectivity index (χ1v) is 13.9. The number of aliphatic carboxylic acids is 1. The summed E-state index contributed by atoms with van der Waals surface area (Å²) in [6.45, 7) is 0. The van der Waals surface area contributed by atoms with Gasteiger partial charge in [-0.25, -0.2) is 4.57 Å². The zero-order valence-corrected chi connectivity index (χ0v) is 20.0. The molecule has 0 aromatic heterocycles. The highest BCUT2D eigenvalue weighted by molar-refractivity contribution is 7.85. The lowest BCUT2D eigenvalue weighted by Gasteiger charge is -2.24. The number of carboxylic acid groups (broad SMARTS) is 1. The van der Waals surface area contributed by atoms with Gasteiger partial charge in [-0.1, -0.05) is 49.6 Å². The van der Waals surface area contributed by atoms with E-state index in [4.69, 9.17) is 9.63 Å². The van der Waals surface area contributed by atoms with E-state index in [9.17, 15) is 33.6 Å². The molecule has 6 atom stereocenters. The van der Waals surface area contributed by atoms with Crippen molar-refractivity contribution in [2.75, 3.05) is 5.75 Å². The number of phosphoric acid groups is 1. The Hall–Kier alpha value is -1.39. The van der Waals surface area contributed by atoms with Gasteiger partial charge in [0, 0.05) is 23.7 Å². The molecular formula is C22H33O9PS. The summed E-state index contributed by atoms with van der Waals surface area (Å²) in [5.74, 6) is -1.73. The Balaban J connectivity index is 1.98. The largest absolute Gasteiger partial charge is 0.481 e. The maximum absolute atomic E-state index is 12.4. The molecule has 5 N–H and O–H groups in total. The summed E-state index contributed by atoms with van der Waals surface area (Å²) in [5.41, 5.74) is 0. The summed E-state index contributed by atoms with van der Waals surface area (Å²) < 4.78 is 28.7. The van der Waals surface area contributed by atoms with Gasteiger partial charge < -0.3 is 25.1 Å². The van der Waals surface area contributed by atoms with Gasteiger partial charge in [0.2, 0.25) is 0 Å². The Labute approximate surface area is 196 Å². The van der Waals surface area contributed by atoms with Gasteiger partial charge in [-0.15, -0.1) is 0 Å². The van der Waals surface area contributed by atoms with Crippen LogP contribution in [0.4, 0.5) is 0 Å². The number of rotatable bonds is 14. The molecule has 1 saturated carbocycles. The number of aliphatic hydroxyl groups excluding tert-OH is 2. The van der Waals surface area contributed by atoms with Crippen molar-refractivity contribution in [1.82, 2.24) is 0 Å². The fourth-order valence-corrected chi connectivity index (χ4v) is 5.87. The van der Waals surface area contributed by atoms with Gasteiger partial charge in [-0.3, -0.25) is 13.5 Å². The van der Waals surface area contributed by atoms with Gasteiger partial charge in [0.25, 0.3) is 0 Å². The monoisotopic (exact) mass is 504 g/mol. The number of benzene rings is 1. The molecule has 1 aliphatic carbocycles. The number of unbranched alkanes of at least 4 members (excludes halogenated alkanes) is 3. The van der Waals surface area contributed by atoms with Crippen molar-refractivity contribution >= 4 is 24.6 Å². The van der Waals surface area contributed by atoms with E-state index in [0.29, 0.717) is 24.2 Å². The number of carboxylic acids is 1. The first-order valence-electron chi connectivity index (χ1n) is 11.0. The van der Waals surface area contributed by atoms with Gasteiger partial charge in [0.15, 0.2) is 0 Å². The molecule has 1 aromatic rings. The van der Waals surface area contributed by atoms with E-state index in [-0.39, 0.29) is 24.5 Å². The number of aliphatic hydroxyl groups is 2. The third-order valence-corrected chi connectivity index (χ3v) is 7.71. The molecule has 0 saturated heterocycles. The molecule has 186 valence electrons. The first-order chi connectivity index (χ1) is 15.6. The van der Waals surface area contributed by atoms with Gasteiger partial charge in [-0.2, -0.15) is 0 Å². The molecular weight excluding hydrogens is 471 g/mol. The van der Waals surface area contributed by atoms with Crippen LogP contribution < -0.4 is 0 Å². The number of hydrogen-bond acceptors (Lipinski definition) is 6. The van der Waals surface area contributed by atoms with Crippen molar-refractivity contribution in [2.45, 2.75) is 68.2 Å². The second-order valence-electron chi connectivity index (χ2n) is 8.30. The third kappa shape index (κ3) is 10.2. The van der Waals surface area contributed by atoms with Crippen LogP contribution in [0.5, 0.6) is 0 Å². The Morgan fingerprint density at radius 2 is 1.85 bits per heavy atom. The summed E-state index contributed by atoms with van der Waals surface area (Å²) in [5, 5.41) is 29.5. The normalized spacial score (nSPS) is 25.3. The molecule has 11 heteroatoms. The topological polar surface area (TPSA) is 162 Å². The van der Waals surface area contributed by atoms with E-state index >= 15 is 0 Å². The predicted octanol–water partition coefficient (Wildman–Crippen LogP) is 2.61. The molecule has 1 fully saturated rings. The van der Waals surface area contributed by atoms with E-state index in [1.807, 2.05) is 0 Å². The van der Waals surface area contributed by atoms with Gasteiger partial charge in [0.1, 0.15) is 0 Å². The van der Waals surface area contributed by atoms with Crippen molar-refractivity contribution in [3.05, 3.63) is 42.5 Å². The van der Waals surface area contributed by atoms with Crippen LogP contribution in [0.3, 0.4) is 0 Å². The molecule has 2 unspecified atom stereocenters. The lowest BCUT2D eigenvalue weighted by Crippen LogP contribution is -2.23. The second-order valence-corrected chi connectivity index (χ2v) is 11.0. The summed E-state index contributed by atoms with van der Waals surface area (Å²) in [6.07, 6.45) is 3.70. The highest BCUT2D eigenvalue weighted by Gasteiger charge is 2.44. The molecule has 2 rings (SSSR count). The van der Waals surface area contributed by atoms with E-state index in [0.717, 1.165) is 12.8 Å². The lowest BCUT2D eigenvalue weighted by molar-refractivity contribution is -0.137. The van der Waals surface area contributed by atoms with Crippen LogP contribution in [0.2, 0.25) is 0 Å². The van der Waals surface area contributed by atoms with Crippen LogP contribution in [0.15, 0.2) is 47.4 Å². The summed E-state index contributed by atoms with van der Waals surface area (Å²) in [6, 6.07) is 8.75. The van der Waals surface area contributed by atoms with Crippen LogP contribution >= 0.6 is 7.82 Å². The third-order valence-electron chi connectivity index (χ3n) is 5.72. The second kappa shape index (κ2) is 13.5. The SMILES string of the molecule is O=C(O)CCCCCC[C@@H]1C(C=C[C@@H](O)CS(=O)c2ccccc2)[C@H](O)C[C@@H]1OP(=O)(O)O. The Bertz CT molecular complexity index is 842. The van der Waals surface area contributed by atoms with Crippen LogP contribution in [0.25, 0.3) is 0 Å². The van der Waals surface area contributed by atoms with Crippen LogP contribution in [0.1, 0.15) is 44.9 Å². The van der Waals surface area contributed by atoms with E-state index in [2.05, 4.69) is 0 Å². The minimum absolute atomic E-state index is 0.0139. The van der Waals surface area contributed by atoms with Crippen molar-refractivity contribution in [3.8, 4) is 0 Å². The van der Waals surface area contributed by atoms with E-state index in [1.54, 1.807) is 36.4 Å². The van der Waals surface area contributed by atoms with Crippen molar-refractivity contribution in [1.29, 1.82) is 0 Å². The molecule has 0 radical (unpaired) electrons. The number of hydrogen-bond donors (Lipinski definition) is 5. The number of phosphoric ester groups is 1. The zero-order chi connectivity index (χ0) is 24.4. The fourth-order valence-electron chi connectivity index (χ4n) is 4.20. The highest BCUT2D eigenvalue weighted by Crippen LogP contribution is 2.47. The van der Waals surface area contributed by atoms with Gasteiger partial charge in [0.05, 0.1) is 34.9 Å². The Kier molecular flexibility index (Phi) is 11.4. The quantitative estimate of drug-likeness (QED) is 0.146. The molecule has 0 spiro atoms. The zero-order valence-electron chi connectivity index (χ0n) is 18.3. The average molecular weight is 505 g/mol. The van der Waals surface area contributed by atoms with Crippen LogP contribution in [0, 0.1) is 11.8 Å². The van der Waals surface area contributed by atoms with Gasteiger partial charge in [-0.05, 0) is 30.9 Å². The average Bonchev–Trinajstić information content (AvgIpc) is 3.01. The predicted molar refractivity (Wildman–Crippen MR) is 123 cm³/mol. The molecule has 1 aromatic carbocycles. The summed E-state index contributed by atoms with van der Waals surface area (Å²) in [4.78, 5) is 29.7. The van der Waals surface area contributed by atoms with Crippen molar-refractivity contribution < 1.29 is 43.2 Å². The molecule has 0 heterocycles.